The van der Waals surface area contributed by atoms with Crippen molar-refractivity contribution in [1.82, 2.24) is 10.2 Å². The Bertz CT molecular complexity index is 674. The minimum atomic E-state index is -0.0791. The Morgan fingerprint density at radius 1 is 1.12 bits per heavy atom. The van der Waals surface area contributed by atoms with E-state index in [9.17, 15) is 4.79 Å². The van der Waals surface area contributed by atoms with Crippen LogP contribution >= 0.6 is 0 Å². The third-order valence-corrected chi connectivity index (χ3v) is 4.20. The largest absolute Gasteiger partial charge is 0.465 e. The fourth-order valence-electron chi connectivity index (χ4n) is 2.84. The van der Waals surface area contributed by atoms with Crippen molar-refractivity contribution in [3.8, 4) is 0 Å². The number of benzene rings is 1. The van der Waals surface area contributed by atoms with Crippen LogP contribution in [0, 0.1) is 0 Å². The van der Waals surface area contributed by atoms with Crippen molar-refractivity contribution in [2.24, 2.45) is 0 Å². The lowest BCUT2D eigenvalue weighted by Gasteiger charge is -2.26. The molecule has 5 nitrogen and oxygen atoms in total. The van der Waals surface area contributed by atoms with Gasteiger partial charge in [-0.25, -0.2) is 0 Å². The van der Waals surface area contributed by atoms with Crippen LogP contribution in [0.3, 0.4) is 0 Å². The molecule has 25 heavy (non-hydrogen) atoms. The summed E-state index contributed by atoms with van der Waals surface area (Å²) in [5.74, 6) is 0.590. The molecule has 0 atom stereocenters. The van der Waals surface area contributed by atoms with E-state index in [-0.39, 0.29) is 5.91 Å². The Morgan fingerprint density at radius 3 is 2.64 bits per heavy atom. The zero-order chi connectivity index (χ0) is 17.3. The standard InChI is InChI=1S/C20H24N2O3/c23-20(21-9-5-10-22-11-14-24-15-12-22)19(16-18-8-4-13-25-18)17-6-2-1-3-7-17/h1-4,6-8,13,16H,5,9-12,14-15H2,(H,21,23)/b19-16+. The van der Waals surface area contributed by atoms with E-state index < -0.39 is 0 Å². The van der Waals surface area contributed by atoms with Crippen LogP contribution in [0.5, 0.6) is 0 Å². The number of morpholine rings is 1. The molecule has 0 bridgehead atoms. The molecule has 5 heteroatoms. The fraction of sp³-hybridized carbons (Fsp3) is 0.350. The van der Waals surface area contributed by atoms with Gasteiger partial charge in [-0.15, -0.1) is 0 Å². The Hall–Kier alpha value is -2.37. The molecule has 3 rings (SSSR count). The number of ether oxygens (including phenoxy) is 1. The molecule has 1 N–H and O–H groups in total. The molecule has 1 aliphatic heterocycles. The molecule has 1 aromatic heterocycles. The maximum atomic E-state index is 12.7. The van der Waals surface area contributed by atoms with E-state index in [0.717, 1.165) is 44.8 Å². The summed E-state index contributed by atoms with van der Waals surface area (Å²) in [6.45, 7) is 5.18. The van der Waals surface area contributed by atoms with Gasteiger partial charge in [0.1, 0.15) is 5.76 Å². The van der Waals surface area contributed by atoms with Crippen LogP contribution in [0.1, 0.15) is 17.7 Å². The number of carbonyl (C=O) groups excluding carboxylic acids is 1. The van der Waals surface area contributed by atoms with Gasteiger partial charge in [0.2, 0.25) is 0 Å². The third-order valence-electron chi connectivity index (χ3n) is 4.20. The van der Waals surface area contributed by atoms with Gasteiger partial charge in [-0.3, -0.25) is 9.69 Å². The Morgan fingerprint density at radius 2 is 1.92 bits per heavy atom. The van der Waals surface area contributed by atoms with Crippen molar-refractivity contribution in [2.75, 3.05) is 39.4 Å². The average molecular weight is 340 g/mol. The zero-order valence-electron chi connectivity index (χ0n) is 14.3. The summed E-state index contributed by atoms with van der Waals surface area (Å²) in [7, 11) is 0. The van der Waals surface area contributed by atoms with Crippen molar-refractivity contribution in [2.45, 2.75) is 6.42 Å². The summed E-state index contributed by atoms with van der Waals surface area (Å²) >= 11 is 0. The van der Waals surface area contributed by atoms with Crippen LogP contribution in [0.15, 0.2) is 53.1 Å². The zero-order valence-corrected chi connectivity index (χ0v) is 14.3. The van der Waals surface area contributed by atoms with E-state index in [0.29, 0.717) is 17.9 Å². The maximum Gasteiger partial charge on any atom is 0.252 e. The molecule has 0 aliphatic carbocycles. The van der Waals surface area contributed by atoms with Crippen LogP contribution in [0.2, 0.25) is 0 Å². The highest BCUT2D eigenvalue weighted by molar-refractivity contribution is 6.24. The van der Waals surface area contributed by atoms with Gasteiger partial charge in [-0.05, 0) is 36.7 Å². The summed E-state index contributed by atoms with van der Waals surface area (Å²) in [6, 6.07) is 13.3. The van der Waals surface area contributed by atoms with Crippen LogP contribution < -0.4 is 5.32 Å². The van der Waals surface area contributed by atoms with Crippen LogP contribution in [-0.2, 0) is 9.53 Å². The lowest BCUT2D eigenvalue weighted by Crippen LogP contribution is -2.38. The molecule has 0 unspecified atom stereocenters. The molecular weight excluding hydrogens is 316 g/mol. The molecule has 1 aromatic carbocycles. The number of nitrogens with zero attached hydrogens (tertiary/aromatic N) is 1. The van der Waals surface area contributed by atoms with E-state index in [1.807, 2.05) is 42.5 Å². The summed E-state index contributed by atoms with van der Waals surface area (Å²) < 4.78 is 10.7. The van der Waals surface area contributed by atoms with Gasteiger partial charge in [-0.2, -0.15) is 0 Å². The second-order valence-electron chi connectivity index (χ2n) is 6.00. The molecule has 2 heterocycles. The van der Waals surface area contributed by atoms with Crippen molar-refractivity contribution in [3.05, 3.63) is 60.1 Å². The number of amides is 1. The lowest BCUT2D eigenvalue weighted by atomic mass is 10.0. The summed E-state index contributed by atoms with van der Waals surface area (Å²) in [5, 5.41) is 3.03. The highest BCUT2D eigenvalue weighted by Gasteiger charge is 2.13. The SMILES string of the molecule is O=C(NCCCN1CCOCC1)/C(=C/c1ccco1)c1ccccc1. The van der Waals surface area contributed by atoms with Gasteiger partial charge in [-0.1, -0.05) is 30.3 Å². The molecule has 0 spiro atoms. The quantitative estimate of drug-likeness (QED) is 0.622. The van der Waals surface area contributed by atoms with E-state index >= 15 is 0 Å². The van der Waals surface area contributed by atoms with E-state index in [1.165, 1.54) is 0 Å². The Labute approximate surface area is 148 Å². The highest BCUT2D eigenvalue weighted by atomic mass is 16.5. The molecule has 0 saturated carbocycles. The molecule has 1 amide bonds. The molecular formula is C20H24N2O3. The number of carbonyl (C=O) groups is 1. The first-order valence-corrected chi connectivity index (χ1v) is 8.72. The van der Waals surface area contributed by atoms with Gasteiger partial charge < -0.3 is 14.5 Å². The topological polar surface area (TPSA) is 54.7 Å². The summed E-state index contributed by atoms with van der Waals surface area (Å²) in [5.41, 5.74) is 1.49. The smallest absolute Gasteiger partial charge is 0.252 e. The number of hydrogen-bond donors (Lipinski definition) is 1. The number of rotatable bonds is 7. The van der Waals surface area contributed by atoms with E-state index in [2.05, 4.69) is 10.2 Å². The molecule has 1 saturated heterocycles. The van der Waals surface area contributed by atoms with Gasteiger partial charge in [0.25, 0.3) is 5.91 Å². The second kappa shape index (κ2) is 9.20. The molecule has 0 radical (unpaired) electrons. The Balaban J connectivity index is 1.58. The first-order chi connectivity index (χ1) is 12.3. The van der Waals surface area contributed by atoms with E-state index in [1.54, 1.807) is 12.3 Å². The maximum absolute atomic E-state index is 12.7. The summed E-state index contributed by atoms with van der Waals surface area (Å²) in [6.07, 6.45) is 4.32. The van der Waals surface area contributed by atoms with Gasteiger partial charge in [0.15, 0.2) is 0 Å². The minimum absolute atomic E-state index is 0.0791. The molecule has 1 aliphatic rings. The van der Waals surface area contributed by atoms with Crippen molar-refractivity contribution >= 4 is 17.6 Å². The van der Waals surface area contributed by atoms with Gasteiger partial charge in [0, 0.05) is 19.6 Å². The van der Waals surface area contributed by atoms with Crippen molar-refractivity contribution < 1.29 is 13.9 Å². The predicted molar refractivity (Wildman–Crippen MR) is 97.9 cm³/mol. The Kier molecular flexibility index (Phi) is 6.42. The summed E-state index contributed by atoms with van der Waals surface area (Å²) in [4.78, 5) is 15.0. The van der Waals surface area contributed by atoms with Gasteiger partial charge >= 0.3 is 0 Å². The molecule has 2 aromatic rings. The van der Waals surface area contributed by atoms with Crippen molar-refractivity contribution in [1.29, 1.82) is 0 Å². The molecule has 1 fully saturated rings. The highest BCUT2D eigenvalue weighted by Crippen LogP contribution is 2.18. The van der Waals surface area contributed by atoms with Crippen LogP contribution in [0.4, 0.5) is 0 Å². The predicted octanol–water partition coefficient (Wildman–Crippen LogP) is 2.66. The average Bonchev–Trinajstić information content (AvgIpc) is 3.18. The minimum Gasteiger partial charge on any atom is -0.465 e. The molecule has 132 valence electrons. The monoisotopic (exact) mass is 340 g/mol. The van der Waals surface area contributed by atoms with Crippen LogP contribution in [-0.4, -0.2) is 50.2 Å². The van der Waals surface area contributed by atoms with E-state index in [4.69, 9.17) is 9.15 Å². The van der Waals surface area contributed by atoms with Crippen molar-refractivity contribution in [3.63, 3.8) is 0 Å². The second-order valence-corrected chi connectivity index (χ2v) is 6.00. The normalized spacial score (nSPS) is 15.9. The number of furan rings is 1. The van der Waals surface area contributed by atoms with Gasteiger partial charge in [0.05, 0.1) is 25.1 Å². The number of nitrogens with one attached hydrogen (secondary N) is 1. The van der Waals surface area contributed by atoms with Crippen LogP contribution in [0.25, 0.3) is 11.6 Å². The fourth-order valence-corrected chi connectivity index (χ4v) is 2.84. The first kappa shape index (κ1) is 17.5. The lowest BCUT2D eigenvalue weighted by molar-refractivity contribution is -0.115. The number of hydrogen-bond acceptors (Lipinski definition) is 4. The first-order valence-electron chi connectivity index (χ1n) is 8.72. The third kappa shape index (κ3) is 5.31.